The number of carbonyl (C=O) groups excluding carboxylic acids is 1. The predicted molar refractivity (Wildman–Crippen MR) is 89.2 cm³/mol. The SMILES string of the molecule is CCC(CCC(C)=O)c1cc(C)cc(C)c1OCC(C)C. The lowest BCUT2D eigenvalue weighted by molar-refractivity contribution is -0.117. The van der Waals surface area contributed by atoms with Crippen LogP contribution in [0.3, 0.4) is 0 Å². The number of hydrogen-bond acceptors (Lipinski definition) is 2. The maximum Gasteiger partial charge on any atom is 0.129 e. The van der Waals surface area contributed by atoms with Gasteiger partial charge in [-0.05, 0) is 56.6 Å². The van der Waals surface area contributed by atoms with Gasteiger partial charge in [-0.15, -0.1) is 0 Å². The van der Waals surface area contributed by atoms with E-state index in [-0.39, 0.29) is 5.78 Å². The Morgan fingerprint density at radius 3 is 2.43 bits per heavy atom. The Hall–Kier alpha value is -1.31. The van der Waals surface area contributed by atoms with Crippen LogP contribution in [0.1, 0.15) is 69.6 Å². The van der Waals surface area contributed by atoms with Crippen LogP contribution in [-0.2, 0) is 4.79 Å². The lowest BCUT2D eigenvalue weighted by Gasteiger charge is -2.22. The number of ether oxygens (including phenoxy) is 1. The number of benzene rings is 1. The third-order valence-electron chi connectivity index (χ3n) is 3.79. The number of Topliss-reactive ketones (excluding diaryl/α,β-unsaturated/α-hetero) is 1. The van der Waals surface area contributed by atoms with Crippen molar-refractivity contribution in [1.29, 1.82) is 0 Å². The zero-order chi connectivity index (χ0) is 16.0. The van der Waals surface area contributed by atoms with Gasteiger partial charge in [-0.3, -0.25) is 0 Å². The van der Waals surface area contributed by atoms with Crippen molar-refractivity contribution in [3.05, 3.63) is 28.8 Å². The standard InChI is InChI=1S/C19H30O2/c1-7-17(9-8-16(6)20)18-11-14(4)10-15(5)19(18)21-12-13(2)3/h10-11,13,17H,7-9,12H2,1-6H3. The van der Waals surface area contributed by atoms with Gasteiger partial charge in [-0.1, -0.05) is 38.5 Å². The molecule has 0 bridgehead atoms. The average molecular weight is 290 g/mol. The van der Waals surface area contributed by atoms with Crippen LogP contribution in [0.4, 0.5) is 0 Å². The molecule has 2 heteroatoms. The number of aryl methyl sites for hydroxylation is 2. The molecule has 0 aliphatic carbocycles. The molecular weight excluding hydrogens is 260 g/mol. The van der Waals surface area contributed by atoms with Gasteiger partial charge in [0.15, 0.2) is 0 Å². The molecule has 1 rings (SSSR count). The summed E-state index contributed by atoms with van der Waals surface area (Å²) in [5.74, 6) is 2.21. The highest BCUT2D eigenvalue weighted by atomic mass is 16.5. The van der Waals surface area contributed by atoms with Crippen molar-refractivity contribution in [3.8, 4) is 5.75 Å². The first kappa shape index (κ1) is 17.7. The van der Waals surface area contributed by atoms with E-state index in [1.54, 1.807) is 6.92 Å². The normalized spacial score (nSPS) is 12.5. The van der Waals surface area contributed by atoms with E-state index in [1.807, 2.05) is 0 Å². The number of rotatable bonds is 8. The number of ketones is 1. The molecule has 0 saturated carbocycles. The highest BCUT2D eigenvalue weighted by Crippen LogP contribution is 2.36. The quantitative estimate of drug-likeness (QED) is 0.657. The lowest BCUT2D eigenvalue weighted by atomic mass is 9.88. The van der Waals surface area contributed by atoms with Crippen LogP contribution >= 0.6 is 0 Å². The molecule has 1 aromatic carbocycles. The summed E-state index contributed by atoms with van der Waals surface area (Å²) in [5, 5.41) is 0. The largest absolute Gasteiger partial charge is 0.493 e. The minimum absolute atomic E-state index is 0.266. The Kier molecular flexibility index (Phi) is 6.94. The summed E-state index contributed by atoms with van der Waals surface area (Å²) in [6, 6.07) is 4.41. The first-order valence-electron chi connectivity index (χ1n) is 8.08. The van der Waals surface area contributed by atoms with Crippen LogP contribution < -0.4 is 4.74 Å². The second kappa shape index (κ2) is 8.21. The van der Waals surface area contributed by atoms with Gasteiger partial charge >= 0.3 is 0 Å². The molecule has 0 radical (unpaired) electrons. The fraction of sp³-hybridized carbons (Fsp3) is 0.632. The van der Waals surface area contributed by atoms with Crippen LogP contribution in [0.2, 0.25) is 0 Å². The zero-order valence-electron chi connectivity index (χ0n) is 14.5. The Morgan fingerprint density at radius 1 is 1.24 bits per heavy atom. The maximum atomic E-state index is 11.3. The van der Waals surface area contributed by atoms with Crippen LogP contribution in [0.5, 0.6) is 5.75 Å². The Labute approximate surface area is 129 Å². The van der Waals surface area contributed by atoms with Gasteiger partial charge in [0.05, 0.1) is 6.61 Å². The topological polar surface area (TPSA) is 26.3 Å². The molecule has 0 saturated heterocycles. The van der Waals surface area contributed by atoms with Crippen molar-refractivity contribution in [2.45, 2.75) is 66.7 Å². The molecule has 0 spiro atoms. The van der Waals surface area contributed by atoms with Crippen molar-refractivity contribution < 1.29 is 9.53 Å². The molecule has 1 unspecified atom stereocenters. The van der Waals surface area contributed by atoms with E-state index in [0.29, 0.717) is 18.3 Å². The maximum absolute atomic E-state index is 11.3. The van der Waals surface area contributed by atoms with E-state index in [2.05, 4.69) is 46.8 Å². The van der Waals surface area contributed by atoms with E-state index in [9.17, 15) is 4.79 Å². The Bertz CT molecular complexity index is 475. The molecule has 0 heterocycles. The molecule has 0 aliphatic heterocycles. The van der Waals surface area contributed by atoms with Crippen molar-refractivity contribution in [3.63, 3.8) is 0 Å². The summed E-state index contributed by atoms with van der Waals surface area (Å²) < 4.78 is 6.09. The summed E-state index contributed by atoms with van der Waals surface area (Å²) in [6.45, 7) is 13.2. The van der Waals surface area contributed by atoms with E-state index >= 15 is 0 Å². The lowest BCUT2D eigenvalue weighted by Crippen LogP contribution is -2.10. The molecule has 1 aromatic rings. The summed E-state index contributed by atoms with van der Waals surface area (Å²) in [4.78, 5) is 11.3. The summed E-state index contributed by atoms with van der Waals surface area (Å²) in [7, 11) is 0. The van der Waals surface area contributed by atoms with Crippen molar-refractivity contribution in [2.75, 3.05) is 6.61 Å². The van der Waals surface area contributed by atoms with Gasteiger partial charge in [0.2, 0.25) is 0 Å². The van der Waals surface area contributed by atoms with E-state index in [1.165, 1.54) is 16.7 Å². The summed E-state index contributed by atoms with van der Waals surface area (Å²) >= 11 is 0. The molecule has 0 fully saturated rings. The molecule has 118 valence electrons. The molecule has 0 aliphatic rings. The minimum atomic E-state index is 0.266. The van der Waals surface area contributed by atoms with Crippen molar-refractivity contribution in [2.24, 2.45) is 5.92 Å². The first-order chi connectivity index (χ1) is 9.85. The fourth-order valence-corrected chi connectivity index (χ4v) is 2.69. The van der Waals surface area contributed by atoms with Crippen LogP contribution in [0, 0.1) is 19.8 Å². The Morgan fingerprint density at radius 2 is 1.90 bits per heavy atom. The highest BCUT2D eigenvalue weighted by molar-refractivity contribution is 5.75. The van der Waals surface area contributed by atoms with Gasteiger partial charge in [-0.25, -0.2) is 0 Å². The summed E-state index contributed by atoms with van der Waals surface area (Å²) in [5.41, 5.74) is 3.74. The first-order valence-corrected chi connectivity index (χ1v) is 8.08. The second-order valence-corrected chi connectivity index (χ2v) is 6.55. The zero-order valence-corrected chi connectivity index (χ0v) is 14.5. The Balaban J connectivity index is 3.08. The van der Waals surface area contributed by atoms with Crippen molar-refractivity contribution >= 4 is 5.78 Å². The van der Waals surface area contributed by atoms with Gasteiger partial charge < -0.3 is 9.53 Å². The molecule has 1 atom stereocenters. The van der Waals surface area contributed by atoms with Gasteiger partial charge in [0.1, 0.15) is 11.5 Å². The molecule has 0 N–H and O–H groups in total. The third-order valence-corrected chi connectivity index (χ3v) is 3.79. The van der Waals surface area contributed by atoms with Crippen LogP contribution in [0.15, 0.2) is 12.1 Å². The second-order valence-electron chi connectivity index (χ2n) is 6.55. The molecule has 21 heavy (non-hydrogen) atoms. The van der Waals surface area contributed by atoms with Crippen LogP contribution in [-0.4, -0.2) is 12.4 Å². The van der Waals surface area contributed by atoms with Gasteiger partial charge in [0, 0.05) is 6.42 Å². The molecule has 0 aromatic heterocycles. The van der Waals surface area contributed by atoms with Crippen molar-refractivity contribution in [1.82, 2.24) is 0 Å². The van der Waals surface area contributed by atoms with Gasteiger partial charge in [-0.2, -0.15) is 0 Å². The molecular formula is C19H30O2. The van der Waals surface area contributed by atoms with E-state index in [0.717, 1.165) is 25.2 Å². The van der Waals surface area contributed by atoms with E-state index < -0.39 is 0 Å². The van der Waals surface area contributed by atoms with Gasteiger partial charge in [0.25, 0.3) is 0 Å². The smallest absolute Gasteiger partial charge is 0.129 e. The van der Waals surface area contributed by atoms with E-state index in [4.69, 9.17) is 4.74 Å². The minimum Gasteiger partial charge on any atom is -0.493 e. The molecule has 0 amide bonds. The third kappa shape index (κ3) is 5.53. The highest BCUT2D eigenvalue weighted by Gasteiger charge is 2.18. The predicted octanol–water partition coefficient (Wildman–Crippen LogP) is 5.20. The fourth-order valence-electron chi connectivity index (χ4n) is 2.69. The van der Waals surface area contributed by atoms with Crippen LogP contribution in [0.25, 0.3) is 0 Å². The summed E-state index contributed by atoms with van der Waals surface area (Å²) in [6.07, 6.45) is 2.59. The average Bonchev–Trinajstić information content (AvgIpc) is 2.37. The molecule has 2 nitrogen and oxygen atoms in total. The monoisotopic (exact) mass is 290 g/mol. The number of hydrogen-bond donors (Lipinski definition) is 0. The number of carbonyl (C=O) groups is 1.